The van der Waals surface area contributed by atoms with Crippen LogP contribution >= 0.6 is 15.9 Å². The van der Waals surface area contributed by atoms with Gasteiger partial charge in [-0.2, -0.15) is 13.2 Å². The third-order valence-electron chi connectivity index (χ3n) is 1.89. The molecule has 0 saturated carbocycles. The summed E-state index contributed by atoms with van der Waals surface area (Å²) in [5.74, 6) is 0.204. The number of halogens is 4. The molecule has 16 heavy (non-hydrogen) atoms. The van der Waals surface area contributed by atoms with Crippen LogP contribution in [0.15, 0.2) is 29.0 Å². The maximum absolute atomic E-state index is 12.0. The lowest BCUT2D eigenvalue weighted by Crippen LogP contribution is -2.21. The van der Waals surface area contributed by atoms with Gasteiger partial charge in [-0.3, -0.25) is 0 Å². The number of nitrogens with zero attached hydrogens (tertiary/aromatic N) is 2. The van der Waals surface area contributed by atoms with Crippen molar-refractivity contribution in [3.63, 3.8) is 0 Å². The van der Waals surface area contributed by atoms with Gasteiger partial charge in [0.05, 0.1) is 6.20 Å². The number of anilines is 1. The molecule has 3 nitrogen and oxygen atoms in total. The number of aromatic nitrogens is 2. The second kappa shape index (κ2) is 3.97. The van der Waals surface area contributed by atoms with E-state index in [2.05, 4.69) is 26.2 Å². The van der Waals surface area contributed by atoms with Gasteiger partial charge in [-0.25, -0.2) is 4.98 Å². The third kappa shape index (κ3) is 2.66. The number of hydrogen-bond acceptors (Lipinski definition) is 2. The van der Waals surface area contributed by atoms with Crippen LogP contribution in [0.1, 0.15) is 0 Å². The number of fused-ring (bicyclic) bond motifs is 1. The molecule has 0 bridgehead atoms. The lowest BCUT2D eigenvalue weighted by molar-refractivity contribution is -0.115. The smallest absolute Gasteiger partial charge is 0.360 e. The highest BCUT2D eigenvalue weighted by molar-refractivity contribution is 9.10. The van der Waals surface area contributed by atoms with Crippen LogP contribution in [0.5, 0.6) is 0 Å². The van der Waals surface area contributed by atoms with Crippen LogP contribution in [0.3, 0.4) is 0 Å². The van der Waals surface area contributed by atoms with E-state index in [0.717, 1.165) is 4.47 Å². The first-order valence-electron chi connectivity index (χ1n) is 4.39. The quantitative estimate of drug-likeness (QED) is 0.922. The third-order valence-corrected chi connectivity index (χ3v) is 2.39. The minimum absolute atomic E-state index is 0.204. The van der Waals surface area contributed by atoms with E-state index >= 15 is 0 Å². The summed E-state index contributed by atoms with van der Waals surface area (Å²) in [6.07, 6.45) is -1.02. The van der Waals surface area contributed by atoms with Crippen LogP contribution in [0, 0.1) is 0 Å². The zero-order valence-corrected chi connectivity index (χ0v) is 9.51. The molecule has 0 aliphatic rings. The number of pyridine rings is 1. The molecule has 0 fully saturated rings. The van der Waals surface area contributed by atoms with Gasteiger partial charge in [0.25, 0.3) is 0 Å². The Morgan fingerprint density at radius 2 is 2.19 bits per heavy atom. The van der Waals surface area contributed by atoms with Gasteiger partial charge in [0, 0.05) is 10.7 Å². The molecular weight excluding hydrogens is 287 g/mol. The maximum atomic E-state index is 12.0. The Morgan fingerprint density at radius 1 is 1.44 bits per heavy atom. The Morgan fingerprint density at radius 3 is 2.88 bits per heavy atom. The summed E-state index contributed by atoms with van der Waals surface area (Å²) in [6.45, 7) is -1.09. The fourth-order valence-electron chi connectivity index (χ4n) is 1.23. The topological polar surface area (TPSA) is 29.3 Å². The van der Waals surface area contributed by atoms with Crippen LogP contribution in [0.2, 0.25) is 0 Å². The van der Waals surface area contributed by atoms with Crippen molar-refractivity contribution >= 4 is 27.4 Å². The summed E-state index contributed by atoms with van der Waals surface area (Å²) in [5.41, 5.74) is 0.582. The molecule has 2 aromatic rings. The molecule has 0 atom stereocenters. The second-order valence-corrected chi connectivity index (χ2v) is 4.12. The highest BCUT2D eigenvalue weighted by atomic mass is 79.9. The van der Waals surface area contributed by atoms with Crippen LogP contribution in [0.4, 0.5) is 19.0 Å². The van der Waals surface area contributed by atoms with E-state index in [1.54, 1.807) is 22.7 Å². The largest absolute Gasteiger partial charge is 0.405 e. The van der Waals surface area contributed by atoms with E-state index in [0.29, 0.717) is 5.65 Å². The molecule has 0 unspecified atom stereocenters. The average molecular weight is 294 g/mol. The molecule has 2 rings (SSSR count). The Balaban J connectivity index is 2.20. The van der Waals surface area contributed by atoms with Crippen molar-refractivity contribution in [2.24, 2.45) is 0 Å². The van der Waals surface area contributed by atoms with Gasteiger partial charge in [-0.15, -0.1) is 0 Å². The van der Waals surface area contributed by atoms with Crippen molar-refractivity contribution in [3.8, 4) is 0 Å². The first kappa shape index (κ1) is 11.3. The maximum Gasteiger partial charge on any atom is 0.405 e. The van der Waals surface area contributed by atoms with Crippen molar-refractivity contribution in [2.45, 2.75) is 6.18 Å². The predicted molar refractivity (Wildman–Crippen MR) is 57.4 cm³/mol. The fraction of sp³-hybridized carbons (Fsp3) is 0.222. The van der Waals surface area contributed by atoms with Gasteiger partial charge in [0.2, 0.25) is 0 Å². The molecule has 7 heteroatoms. The van der Waals surface area contributed by atoms with E-state index in [1.807, 2.05) is 0 Å². The van der Waals surface area contributed by atoms with Crippen molar-refractivity contribution in [1.29, 1.82) is 0 Å². The number of alkyl halides is 3. The number of hydrogen-bond donors (Lipinski definition) is 1. The monoisotopic (exact) mass is 293 g/mol. The van der Waals surface area contributed by atoms with Crippen LogP contribution in [-0.2, 0) is 0 Å². The highest BCUT2D eigenvalue weighted by Gasteiger charge is 2.26. The van der Waals surface area contributed by atoms with E-state index in [9.17, 15) is 13.2 Å². The van der Waals surface area contributed by atoms with Gasteiger partial charge in [-0.1, -0.05) is 15.9 Å². The normalized spacial score (nSPS) is 12.0. The van der Waals surface area contributed by atoms with Crippen LogP contribution in [0.25, 0.3) is 5.65 Å². The Labute approximate surface area is 97.4 Å². The lowest BCUT2D eigenvalue weighted by Gasteiger charge is -2.05. The van der Waals surface area contributed by atoms with Gasteiger partial charge in [0.15, 0.2) is 0 Å². The molecule has 0 radical (unpaired) electrons. The summed E-state index contributed by atoms with van der Waals surface area (Å²) in [6, 6.07) is 3.50. The summed E-state index contributed by atoms with van der Waals surface area (Å²) in [4.78, 5) is 4.00. The van der Waals surface area contributed by atoms with Crippen molar-refractivity contribution in [3.05, 3.63) is 29.0 Å². The summed E-state index contributed by atoms with van der Waals surface area (Å²) in [7, 11) is 0. The van der Waals surface area contributed by atoms with E-state index in [-0.39, 0.29) is 5.82 Å². The standard InChI is InChI=1S/C9H7BrF3N3/c10-6-1-2-16-4-7(15-8(16)3-6)14-5-9(11,12)13/h1-4,14H,5H2. The minimum Gasteiger partial charge on any atom is -0.360 e. The molecule has 0 amide bonds. The second-order valence-electron chi connectivity index (χ2n) is 3.21. The molecule has 2 heterocycles. The van der Waals surface area contributed by atoms with Crippen molar-refractivity contribution < 1.29 is 13.2 Å². The SMILES string of the molecule is FC(F)(F)CNc1cn2ccc(Br)cc2n1. The number of nitrogens with one attached hydrogen (secondary N) is 1. The van der Waals surface area contributed by atoms with E-state index < -0.39 is 12.7 Å². The number of imidazole rings is 1. The lowest BCUT2D eigenvalue weighted by atomic mass is 10.5. The molecule has 0 aliphatic carbocycles. The van der Waals surface area contributed by atoms with Gasteiger partial charge < -0.3 is 9.72 Å². The molecule has 0 saturated heterocycles. The highest BCUT2D eigenvalue weighted by Crippen LogP contribution is 2.18. The first-order valence-corrected chi connectivity index (χ1v) is 5.18. The van der Waals surface area contributed by atoms with Gasteiger partial charge >= 0.3 is 6.18 Å². The molecule has 1 N–H and O–H groups in total. The van der Waals surface area contributed by atoms with E-state index in [1.165, 1.54) is 6.20 Å². The Bertz CT molecular complexity index is 506. The average Bonchev–Trinajstić information content (AvgIpc) is 2.55. The van der Waals surface area contributed by atoms with Gasteiger partial charge in [-0.05, 0) is 12.1 Å². The fourth-order valence-corrected chi connectivity index (χ4v) is 1.56. The summed E-state index contributed by atoms with van der Waals surface area (Å²) >= 11 is 3.26. The Kier molecular flexibility index (Phi) is 2.79. The van der Waals surface area contributed by atoms with Gasteiger partial charge in [0.1, 0.15) is 18.0 Å². The molecule has 86 valence electrons. The minimum atomic E-state index is -4.24. The van der Waals surface area contributed by atoms with Crippen LogP contribution in [-0.4, -0.2) is 22.1 Å². The first-order chi connectivity index (χ1) is 7.44. The summed E-state index contributed by atoms with van der Waals surface area (Å²) < 4.78 is 38.3. The summed E-state index contributed by atoms with van der Waals surface area (Å²) in [5, 5.41) is 2.22. The van der Waals surface area contributed by atoms with Crippen LogP contribution < -0.4 is 5.32 Å². The van der Waals surface area contributed by atoms with Crippen molar-refractivity contribution in [1.82, 2.24) is 9.38 Å². The predicted octanol–water partition coefficient (Wildman–Crippen LogP) is 3.07. The molecular formula is C9H7BrF3N3. The molecule has 0 aromatic carbocycles. The molecule has 0 spiro atoms. The Hall–Kier alpha value is -1.24. The van der Waals surface area contributed by atoms with Crippen molar-refractivity contribution in [2.75, 3.05) is 11.9 Å². The molecule has 2 aromatic heterocycles. The van der Waals surface area contributed by atoms with E-state index in [4.69, 9.17) is 0 Å². The molecule has 0 aliphatic heterocycles. The zero-order valence-electron chi connectivity index (χ0n) is 7.92. The number of rotatable bonds is 2. The zero-order chi connectivity index (χ0) is 11.8.